The molecule has 0 amide bonds. The molecule has 0 spiro atoms. The SMILES string of the molecule is Cc1cc(C(=O)O)cnc1-n1cc(-c2ccccc2)cn1. The molecule has 0 saturated heterocycles. The molecule has 3 rings (SSSR count). The number of carbonyl (C=O) groups is 1. The van der Waals surface area contributed by atoms with E-state index < -0.39 is 5.97 Å². The second-order valence-electron chi connectivity index (χ2n) is 4.71. The van der Waals surface area contributed by atoms with Crippen LogP contribution in [0.15, 0.2) is 55.0 Å². The molecule has 0 atom stereocenters. The van der Waals surface area contributed by atoms with Crippen LogP contribution in [0.3, 0.4) is 0 Å². The van der Waals surface area contributed by atoms with Crippen molar-refractivity contribution in [3.8, 4) is 16.9 Å². The van der Waals surface area contributed by atoms with Crippen LogP contribution in [-0.4, -0.2) is 25.8 Å². The third kappa shape index (κ3) is 2.53. The summed E-state index contributed by atoms with van der Waals surface area (Å²) in [7, 11) is 0. The fourth-order valence-corrected chi connectivity index (χ4v) is 2.14. The highest BCUT2D eigenvalue weighted by molar-refractivity contribution is 5.87. The maximum atomic E-state index is 10.9. The van der Waals surface area contributed by atoms with Crippen molar-refractivity contribution in [2.75, 3.05) is 0 Å². The molecular formula is C16H13N3O2. The number of benzene rings is 1. The summed E-state index contributed by atoms with van der Waals surface area (Å²) in [5.74, 6) is -0.357. The fourth-order valence-electron chi connectivity index (χ4n) is 2.14. The van der Waals surface area contributed by atoms with Gasteiger partial charge in [0.15, 0.2) is 5.82 Å². The maximum absolute atomic E-state index is 10.9. The van der Waals surface area contributed by atoms with Gasteiger partial charge in [-0.1, -0.05) is 30.3 Å². The molecule has 5 heteroatoms. The summed E-state index contributed by atoms with van der Waals surface area (Å²) in [6.07, 6.45) is 4.99. The summed E-state index contributed by atoms with van der Waals surface area (Å²) in [4.78, 5) is 15.1. The Balaban J connectivity index is 1.99. The Labute approximate surface area is 121 Å². The summed E-state index contributed by atoms with van der Waals surface area (Å²) in [6.45, 7) is 1.82. The first kappa shape index (κ1) is 13.1. The molecule has 2 aromatic heterocycles. The second kappa shape index (κ2) is 5.20. The van der Waals surface area contributed by atoms with E-state index in [4.69, 9.17) is 5.11 Å². The first-order chi connectivity index (χ1) is 10.1. The lowest BCUT2D eigenvalue weighted by molar-refractivity contribution is 0.0696. The first-order valence-corrected chi connectivity index (χ1v) is 6.45. The van der Waals surface area contributed by atoms with Gasteiger partial charge in [-0.05, 0) is 24.1 Å². The number of nitrogens with zero attached hydrogens (tertiary/aromatic N) is 3. The Kier molecular flexibility index (Phi) is 3.23. The predicted molar refractivity (Wildman–Crippen MR) is 78.5 cm³/mol. The van der Waals surface area contributed by atoms with Crippen molar-refractivity contribution in [2.24, 2.45) is 0 Å². The first-order valence-electron chi connectivity index (χ1n) is 6.45. The van der Waals surface area contributed by atoms with Gasteiger partial charge in [0.25, 0.3) is 0 Å². The minimum Gasteiger partial charge on any atom is -0.478 e. The minimum atomic E-state index is -0.984. The van der Waals surface area contributed by atoms with Gasteiger partial charge in [-0.25, -0.2) is 14.5 Å². The predicted octanol–water partition coefficient (Wildman–Crippen LogP) is 2.94. The largest absolute Gasteiger partial charge is 0.478 e. The van der Waals surface area contributed by atoms with Gasteiger partial charge in [0, 0.05) is 18.0 Å². The summed E-state index contributed by atoms with van der Waals surface area (Å²) in [6, 6.07) is 11.5. The van der Waals surface area contributed by atoms with Crippen LogP contribution < -0.4 is 0 Å². The molecule has 104 valence electrons. The molecule has 0 aliphatic heterocycles. The van der Waals surface area contributed by atoms with E-state index in [2.05, 4.69) is 10.1 Å². The molecule has 0 fully saturated rings. The standard InChI is InChI=1S/C16H13N3O2/c1-11-7-13(16(20)21)8-17-15(11)19-10-14(9-18-19)12-5-3-2-4-6-12/h2-10H,1H3,(H,20,21). The van der Waals surface area contributed by atoms with Gasteiger partial charge in [-0.15, -0.1) is 0 Å². The smallest absolute Gasteiger partial charge is 0.337 e. The van der Waals surface area contributed by atoms with E-state index in [9.17, 15) is 4.79 Å². The number of aromatic carboxylic acids is 1. The van der Waals surface area contributed by atoms with Crippen molar-refractivity contribution in [3.63, 3.8) is 0 Å². The van der Waals surface area contributed by atoms with E-state index in [1.165, 1.54) is 6.20 Å². The number of carboxylic acids is 1. The number of aromatic nitrogens is 3. The Bertz CT molecular complexity index is 794. The van der Waals surface area contributed by atoms with Crippen molar-refractivity contribution in [3.05, 3.63) is 66.1 Å². The van der Waals surface area contributed by atoms with Gasteiger partial charge in [0.1, 0.15) is 0 Å². The topological polar surface area (TPSA) is 68.0 Å². The van der Waals surface area contributed by atoms with Crippen molar-refractivity contribution in [1.82, 2.24) is 14.8 Å². The lowest BCUT2D eigenvalue weighted by atomic mass is 10.1. The highest BCUT2D eigenvalue weighted by atomic mass is 16.4. The highest BCUT2D eigenvalue weighted by Gasteiger charge is 2.10. The van der Waals surface area contributed by atoms with Gasteiger partial charge >= 0.3 is 5.97 Å². The Hall–Kier alpha value is -2.95. The van der Waals surface area contributed by atoms with Crippen LogP contribution in [0.2, 0.25) is 0 Å². The van der Waals surface area contributed by atoms with Gasteiger partial charge in [0.05, 0.1) is 11.8 Å². The number of aryl methyl sites for hydroxylation is 1. The molecular weight excluding hydrogens is 266 g/mol. The van der Waals surface area contributed by atoms with E-state index in [0.717, 1.165) is 16.7 Å². The number of pyridine rings is 1. The molecule has 2 heterocycles. The molecule has 0 saturated carbocycles. The number of hydrogen-bond donors (Lipinski definition) is 1. The van der Waals surface area contributed by atoms with Crippen LogP contribution in [0, 0.1) is 6.92 Å². The molecule has 3 aromatic rings. The quantitative estimate of drug-likeness (QED) is 0.800. The highest BCUT2D eigenvalue weighted by Crippen LogP contribution is 2.20. The zero-order valence-corrected chi connectivity index (χ0v) is 11.4. The van der Waals surface area contributed by atoms with Gasteiger partial charge in [-0.2, -0.15) is 5.10 Å². The maximum Gasteiger partial charge on any atom is 0.337 e. The molecule has 5 nitrogen and oxygen atoms in total. The summed E-state index contributed by atoms with van der Waals surface area (Å²) >= 11 is 0. The van der Waals surface area contributed by atoms with Crippen LogP contribution in [0.4, 0.5) is 0 Å². The van der Waals surface area contributed by atoms with Gasteiger partial charge < -0.3 is 5.11 Å². The summed E-state index contributed by atoms with van der Waals surface area (Å²) in [5.41, 5.74) is 2.99. The molecule has 0 aliphatic carbocycles. The summed E-state index contributed by atoms with van der Waals surface area (Å²) in [5, 5.41) is 13.3. The lowest BCUT2D eigenvalue weighted by Gasteiger charge is -2.05. The zero-order valence-electron chi connectivity index (χ0n) is 11.4. The summed E-state index contributed by atoms with van der Waals surface area (Å²) < 4.78 is 1.66. The van der Waals surface area contributed by atoms with Crippen LogP contribution >= 0.6 is 0 Å². The van der Waals surface area contributed by atoms with Crippen molar-refractivity contribution < 1.29 is 9.90 Å². The van der Waals surface area contributed by atoms with Gasteiger partial charge in [0.2, 0.25) is 0 Å². The molecule has 0 radical (unpaired) electrons. The Morgan fingerprint density at radius 1 is 1.14 bits per heavy atom. The molecule has 1 N–H and O–H groups in total. The Morgan fingerprint density at radius 2 is 1.90 bits per heavy atom. The number of hydrogen-bond acceptors (Lipinski definition) is 3. The normalized spacial score (nSPS) is 10.5. The number of rotatable bonds is 3. The molecule has 0 aliphatic rings. The Morgan fingerprint density at radius 3 is 2.57 bits per heavy atom. The van der Waals surface area contributed by atoms with E-state index in [-0.39, 0.29) is 5.56 Å². The zero-order chi connectivity index (χ0) is 14.8. The number of carboxylic acid groups (broad SMARTS) is 1. The van der Waals surface area contributed by atoms with Crippen LogP contribution in [0.25, 0.3) is 16.9 Å². The van der Waals surface area contributed by atoms with Crippen molar-refractivity contribution >= 4 is 5.97 Å². The van der Waals surface area contributed by atoms with Crippen molar-refractivity contribution in [1.29, 1.82) is 0 Å². The van der Waals surface area contributed by atoms with Crippen LogP contribution in [-0.2, 0) is 0 Å². The van der Waals surface area contributed by atoms with Crippen LogP contribution in [0.1, 0.15) is 15.9 Å². The molecule has 0 unspecified atom stereocenters. The van der Waals surface area contributed by atoms with E-state index >= 15 is 0 Å². The van der Waals surface area contributed by atoms with E-state index in [1.54, 1.807) is 16.9 Å². The third-order valence-corrected chi connectivity index (χ3v) is 3.20. The molecule has 1 aromatic carbocycles. The molecule has 21 heavy (non-hydrogen) atoms. The minimum absolute atomic E-state index is 0.173. The average molecular weight is 279 g/mol. The fraction of sp³-hybridized carbons (Fsp3) is 0.0625. The molecule has 0 bridgehead atoms. The average Bonchev–Trinajstić information content (AvgIpc) is 2.97. The van der Waals surface area contributed by atoms with E-state index in [1.807, 2.05) is 43.5 Å². The van der Waals surface area contributed by atoms with Crippen LogP contribution in [0.5, 0.6) is 0 Å². The van der Waals surface area contributed by atoms with Crippen molar-refractivity contribution in [2.45, 2.75) is 6.92 Å². The lowest BCUT2D eigenvalue weighted by Crippen LogP contribution is -2.04. The van der Waals surface area contributed by atoms with E-state index in [0.29, 0.717) is 5.82 Å². The monoisotopic (exact) mass is 279 g/mol. The van der Waals surface area contributed by atoms with Gasteiger partial charge in [-0.3, -0.25) is 0 Å². The second-order valence-corrected chi connectivity index (χ2v) is 4.71. The third-order valence-electron chi connectivity index (χ3n) is 3.20.